The van der Waals surface area contributed by atoms with Gasteiger partial charge in [-0.25, -0.2) is 0 Å². The fourth-order valence-corrected chi connectivity index (χ4v) is 4.20. The number of nitrogens with one attached hydrogen (secondary N) is 1. The summed E-state index contributed by atoms with van der Waals surface area (Å²) in [5.41, 5.74) is 4.17. The average molecular weight is 467 g/mol. The number of carbonyl (C=O) groups excluding carboxylic acids is 2. The first kappa shape index (κ1) is 22.5. The number of benzene rings is 3. The van der Waals surface area contributed by atoms with Gasteiger partial charge in [0.05, 0.1) is 0 Å². The summed E-state index contributed by atoms with van der Waals surface area (Å²) in [4.78, 5) is 27.4. The Kier molecular flexibility index (Phi) is 6.39. The van der Waals surface area contributed by atoms with Crippen molar-refractivity contribution >= 4 is 17.5 Å². The van der Waals surface area contributed by atoms with Crippen molar-refractivity contribution in [1.82, 2.24) is 15.1 Å². The van der Waals surface area contributed by atoms with Crippen LogP contribution in [-0.4, -0.2) is 40.0 Å². The molecule has 1 aliphatic heterocycles. The highest BCUT2D eigenvalue weighted by Crippen LogP contribution is 2.25. The number of hydrogen-bond acceptors (Lipinski definition) is 5. The van der Waals surface area contributed by atoms with Gasteiger partial charge < -0.3 is 14.6 Å². The van der Waals surface area contributed by atoms with Crippen molar-refractivity contribution in [2.24, 2.45) is 5.92 Å². The number of aryl methyl sites for hydroxylation is 1. The summed E-state index contributed by atoms with van der Waals surface area (Å²) in [6.07, 6.45) is 1.29. The highest BCUT2D eigenvalue weighted by atomic mass is 16.4. The minimum Gasteiger partial charge on any atom is -0.416 e. The SMILES string of the molecule is Cc1ccc(-c2nnc(-c3ccc(C(=O)N4CCC(C(=O)Nc5ccccc5)CC4)cc3)o2)cc1. The predicted octanol–water partition coefficient (Wildman–Crippen LogP) is 5.20. The van der Waals surface area contributed by atoms with Crippen molar-refractivity contribution in [3.05, 3.63) is 90.0 Å². The van der Waals surface area contributed by atoms with Gasteiger partial charge in [-0.1, -0.05) is 35.9 Å². The van der Waals surface area contributed by atoms with Crippen molar-refractivity contribution < 1.29 is 14.0 Å². The highest BCUT2D eigenvalue weighted by molar-refractivity contribution is 5.95. The molecule has 1 saturated heterocycles. The first-order valence-electron chi connectivity index (χ1n) is 11.7. The lowest BCUT2D eigenvalue weighted by Crippen LogP contribution is -2.41. The lowest BCUT2D eigenvalue weighted by molar-refractivity contribution is -0.121. The molecule has 0 unspecified atom stereocenters. The Balaban J connectivity index is 1.18. The molecule has 0 saturated carbocycles. The van der Waals surface area contributed by atoms with E-state index in [1.807, 2.05) is 78.6 Å². The van der Waals surface area contributed by atoms with Gasteiger partial charge in [-0.15, -0.1) is 10.2 Å². The second-order valence-electron chi connectivity index (χ2n) is 8.78. The number of nitrogens with zero attached hydrogens (tertiary/aromatic N) is 3. The van der Waals surface area contributed by atoms with Crippen LogP contribution in [0.15, 0.2) is 83.3 Å². The van der Waals surface area contributed by atoms with E-state index in [-0.39, 0.29) is 17.7 Å². The molecule has 1 fully saturated rings. The topological polar surface area (TPSA) is 88.3 Å². The van der Waals surface area contributed by atoms with E-state index in [0.29, 0.717) is 43.3 Å². The lowest BCUT2D eigenvalue weighted by Gasteiger charge is -2.31. The van der Waals surface area contributed by atoms with Crippen LogP contribution in [0, 0.1) is 12.8 Å². The fourth-order valence-electron chi connectivity index (χ4n) is 4.20. The molecule has 4 aromatic rings. The lowest BCUT2D eigenvalue weighted by atomic mass is 9.95. The summed E-state index contributed by atoms with van der Waals surface area (Å²) in [6.45, 7) is 3.13. The second kappa shape index (κ2) is 9.93. The molecule has 0 bridgehead atoms. The minimum absolute atomic E-state index is 0.0113. The molecule has 0 aliphatic carbocycles. The maximum absolute atomic E-state index is 13.0. The van der Waals surface area contributed by atoms with Crippen LogP contribution in [-0.2, 0) is 4.79 Å². The van der Waals surface area contributed by atoms with E-state index >= 15 is 0 Å². The summed E-state index contributed by atoms with van der Waals surface area (Å²) in [5.74, 6) is 0.743. The molecule has 0 spiro atoms. The highest BCUT2D eigenvalue weighted by Gasteiger charge is 2.28. The van der Waals surface area contributed by atoms with Crippen molar-refractivity contribution in [1.29, 1.82) is 0 Å². The molecule has 3 aromatic carbocycles. The third-order valence-corrected chi connectivity index (χ3v) is 6.30. The van der Waals surface area contributed by atoms with Crippen LogP contribution in [0.5, 0.6) is 0 Å². The molecule has 176 valence electrons. The first-order chi connectivity index (χ1) is 17.1. The molecule has 7 nitrogen and oxygen atoms in total. The summed E-state index contributed by atoms with van der Waals surface area (Å²) in [6, 6.07) is 24.5. The Labute approximate surface area is 203 Å². The normalized spacial score (nSPS) is 14.0. The Morgan fingerprint density at radius 2 is 1.40 bits per heavy atom. The van der Waals surface area contributed by atoms with Crippen LogP contribution in [0.25, 0.3) is 22.9 Å². The molecule has 7 heteroatoms. The zero-order valence-corrected chi connectivity index (χ0v) is 19.5. The molecule has 0 radical (unpaired) electrons. The average Bonchev–Trinajstić information content (AvgIpc) is 3.40. The van der Waals surface area contributed by atoms with Crippen LogP contribution in [0.4, 0.5) is 5.69 Å². The summed E-state index contributed by atoms with van der Waals surface area (Å²) in [5, 5.41) is 11.3. The second-order valence-corrected chi connectivity index (χ2v) is 8.78. The maximum atomic E-state index is 13.0. The van der Waals surface area contributed by atoms with Crippen LogP contribution in [0.1, 0.15) is 28.8 Å². The van der Waals surface area contributed by atoms with Crippen molar-refractivity contribution in [3.8, 4) is 22.9 Å². The zero-order chi connectivity index (χ0) is 24.2. The van der Waals surface area contributed by atoms with Crippen LogP contribution < -0.4 is 5.32 Å². The van der Waals surface area contributed by atoms with Gasteiger partial charge in [0.2, 0.25) is 17.7 Å². The van der Waals surface area contributed by atoms with Crippen LogP contribution in [0.3, 0.4) is 0 Å². The zero-order valence-electron chi connectivity index (χ0n) is 19.5. The minimum atomic E-state index is -0.0955. The van der Waals surface area contributed by atoms with Crippen molar-refractivity contribution in [3.63, 3.8) is 0 Å². The fraction of sp³-hybridized carbons (Fsp3) is 0.214. The van der Waals surface area contributed by atoms with Gasteiger partial charge in [0, 0.05) is 41.4 Å². The molecule has 5 rings (SSSR count). The van der Waals surface area contributed by atoms with Crippen molar-refractivity contribution in [2.75, 3.05) is 18.4 Å². The molecule has 1 aromatic heterocycles. The Morgan fingerprint density at radius 3 is 2.00 bits per heavy atom. The van der Waals surface area contributed by atoms with Crippen LogP contribution >= 0.6 is 0 Å². The number of carbonyl (C=O) groups is 2. The number of rotatable bonds is 5. The van der Waals surface area contributed by atoms with E-state index in [0.717, 1.165) is 22.4 Å². The molecule has 2 amide bonds. The summed E-state index contributed by atoms with van der Waals surface area (Å²) in [7, 11) is 0. The number of hydrogen-bond donors (Lipinski definition) is 1. The number of aromatic nitrogens is 2. The molecule has 35 heavy (non-hydrogen) atoms. The summed E-state index contributed by atoms with van der Waals surface area (Å²) >= 11 is 0. The van der Waals surface area contributed by atoms with Gasteiger partial charge >= 0.3 is 0 Å². The van der Waals surface area contributed by atoms with Gasteiger partial charge in [0.15, 0.2) is 0 Å². The standard InChI is InChI=1S/C28H26N4O3/c1-19-7-9-21(10-8-19)26-30-31-27(35-26)22-11-13-23(14-12-22)28(34)32-17-15-20(16-18-32)25(33)29-24-5-3-2-4-6-24/h2-14,20H,15-18H2,1H3,(H,29,33). The van der Waals surface area contributed by atoms with Crippen molar-refractivity contribution in [2.45, 2.75) is 19.8 Å². The Hall–Kier alpha value is -4.26. The molecule has 1 N–H and O–H groups in total. The number of piperidine rings is 1. The molecule has 0 atom stereocenters. The van der Waals surface area contributed by atoms with E-state index in [9.17, 15) is 9.59 Å². The van der Waals surface area contributed by atoms with Gasteiger partial charge in [-0.2, -0.15) is 0 Å². The Morgan fingerprint density at radius 1 is 0.829 bits per heavy atom. The van der Waals surface area contributed by atoms with E-state index in [4.69, 9.17) is 4.42 Å². The van der Waals surface area contributed by atoms with E-state index in [2.05, 4.69) is 15.5 Å². The predicted molar refractivity (Wildman–Crippen MR) is 134 cm³/mol. The van der Waals surface area contributed by atoms with Gasteiger partial charge in [0.1, 0.15) is 0 Å². The number of likely N-dealkylation sites (tertiary alicyclic amines) is 1. The third kappa shape index (κ3) is 5.14. The largest absolute Gasteiger partial charge is 0.416 e. The third-order valence-electron chi connectivity index (χ3n) is 6.30. The quantitative estimate of drug-likeness (QED) is 0.437. The molecule has 2 heterocycles. The van der Waals surface area contributed by atoms with Gasteiger partial charge in [0.25, 0.3) is 5.91 Å². The van der Waals surface area contributed by atoms with E-state index < -0.39 is 0 Å². The van der Waals surface area contributed by atoms with E-state index in [1.54, 1.807) is 12.1 Å². The van der Waals surface area contributed by atoms with Gasteiger partial charge in [-0.3, -0.25) is 9.59 Å². The first-order valence-corrected chi connectivity index (χ1v) is 11.7. The van der Waals surface area contributed by atoms with Gasteiger partial charge in [-0.05, 0) is 68.3 Å². The number of amides is 2. The maximum Gasteiger partial charge on any atom is 0.253 e. The van der Waals surface area contributed by atoms with E-state index in [1.165, 1.54) is 0 Å². The molecular weight excluding hydrogens is 440 g/mol. The monoisotopic (exact) mass is 466 g/mol. The Bertz CT molecular complexity index is 1310. The summed E-state index contributed by atoms with van der Waals surface area (Å²) < 4.78 is 5.83. The molecular formula is C28H26N4O3. The number of anilines is 1. The van der Waals surface area contributed by atoms with Crippen LogP contribution in [0.2, 0.25) is 0 Å². The molecule has 1 aliphatic rings. The number of para-hydroxylation sites is 1. The smallest absolute Gasteiger partial charge is 0.253 e.